The van der Waals surface area contributed by atoms with Gasteiger partial charge >= 0.3 is 0 Å². The molecule has 0 spiro atoms. The van der Waals surface area contributed by atoms with Gasteiger partial charge in [0, 0.05) is 23.8 Å². The van der Waals surface area contributed by atoms with Crippen molar-refractivity contribution in [3.8, 4) is 5.75 Å². The van der Waals surface area contributed by atoms with Gasteiger partial charge in [-0.15, -0.1) is 0 Å². The third-order valence-electron chi connectivity index (χ3n) is 4.63. The molecule has 0 bridgehead atoms. The highest BCUT2D eigenvalue weighted by Gasteiger charge is 2.31. The average Bonchev–Trinajstić information content (AvgIpc) is 2.66. The van der Waals surface area contributed by atoms with Crippen LogP contribution in [0.5, 0.6) is 5.75 Å². The highest BCUT2D eigenvalue weighted by Crippen LogP contribution is 2.35. The number of nitrogens with one attached hydrogen (secondary N) is 2. The van der Waals surface area contributed by atoms with Crippen LogP contribution in [-0.2, 0) is 19.6 Å². The highest BCUT2D eigenvalue weighted by atomic mass is 35.5. The summed E-state index contributed by atoms with van der Waals surface area (Å²) in [5.74, 6) is -0.495. The zero-order valence-electron chi connectivity index (χ0n) is 16.7. The fourth-order valence-electron chi connectivity index (χ4n) is 3.05. The van der Waals surface area contributed by atoms with E-state index in [1.165, 1.54) is 13.1 Å². The Morgan fingerprint density at radius 3 is 2.70 bits per heavy atom. The van der Waals surface area contributed by atoms with Crippen molar-refractivity contribution < 1.29 is 22.7 Å². The van der Waals surface area contributed by atoms with Gasteiger partial charge in [0.25, 0.3) is 5.91 Å². The van der Waals surface area contributed by atoms with Gasteiger partial charge in [-0.2, -0.15) is 4.31 Å². The van der Waals surface area contributed by atoms with E-state index in [9.17, 15) is 18.0 Å². The number of hydrogen-bond acceptors (Lipinski definition) is 5. The van der Waals surface area contributed by atoms with E-state index in [-0.39, 0.29) is 23.1 Å². The van der Waals surface area contributed by atoms with Crippen molar-refractivity contribution in [2.24, 2.45) is 0 Å². The maximum absolute atomic E-state index is 13.1. The topological polar surface area (TPSA) is 105 Å². The van der Waals surface area contributed by atoms with Crippen molar-refractivity contribution in [1.82, 2.24) is 4.31 Å². The number of carbonyl (C=O) groups is 2. The van der Waals surface area contributed by atoms with Crippen LogP contribution in [0.4, 0.5) is 11.4 Å². The van der Waals surface area contributed by atoms with Crippen molar-refractivity contribution in [3.05, 3.63) is 47.0 Å². The molecule has 1 atom stereocenters. The molecular weight excluding hydrogens is 430 g/mol. The second-order valence-electron chi connectivity index (χ2n) is 6.94. The summed E-state index contributed by atoms with van der Waals surface area (Å²) >= 11 is 5.90. The number of hydrogen-bond donors (Lipinski definition) is 2. The minimum Gasteiger partial charge on any atom is -0.478 e. The first-order chi connectivity index (χ1) is 14.1. The van der Waals surface area contributed by atoms with Gasteiger partial charge < -0.3 is 15.4 Å². The first kappa shape index (κ1) is 22.1. The Labute approximate surface area is 180 Å². The molecule has 0 aromatic heterocycles. The molecule has 2 N–H and O–H groups in total. The lowest BCUT2D eigenvalue weighted by atomic mass is 10.1. The van der Waals surface area contributed by atoms with Crippen molar-refractivity contribution >= 4 is 44.8 Å². The number of halogens is 1. The Balaban J connectivity index is 1.80. The predicted octanol–water partition coefficient (Wildman–Crippen LogP) is 3.02. The van der Waals surface area contributed by atoms with Crippen molar-refractivity contribution in [1.29, 1.82) is 0 Å². The van der Waals surface area contributed by atoms with Crippen LogP contribution in [-0.4, -0.2) is 44.2 Å². The van der Waals surface area contributed by atoms with Gasteiger partial charge in [0.15, 0.2) is 6.10 Å². The average molecular weight is 452 g/mol. The Hall–Kier alpha value is -2.62. The Morgan fingerprint density at radius 2 is 2.03 bits per heavy atom. The summed E-state index contributed by atoms with van der Waals surface area (Å²) in [7, 11) is -2.66. The molecule has 160 valence electrons. The van der Waals surface area contributed by atoms with Crippen LogP contribution >= 0.6 is 11.6 Å². The minimum atomic E-state index is -3.98. The fraction of sp³-hybridized carbons (Fsp3) is 0.300. The lowest BCUT2D eigenvalue weighted by Gasteiger charge is -2.27. The second kappa shape index (κ2) is 8.63. The van der Waals surface area contributed by atoms with Crippen LogP contribution < -0.4 is 15.4 Å². The number of aryl methyl sites for hydroxylation is 1. The standard InChI is InChI=1S/C20H22ClN3O5S/c1-4-16-20(26)23-15-8-12(2)18(10-17(15)29-16)30(27,28)24(3)11-19(25)22-14-7-5-6-13(21)9-14/h5-10,16H,4,11H2,1-3H3,(H,22,25)(H,23,26). The van der Waals surface area contributed by atoms with Crippen LogP contribution in [0.1, 0.15) is 18.9 Å². The van der Waals surface area contributed by atoms with Crippen LogP contribution in [0.25, 0.3) is 0 Å². The van der Waals surface area contributed by atoms with Crippen molar-refractivity contribution in [3.63, 3.8) is 0 Å². The number of anilines is 2. The maximum atomic E-state index is 13.1. The lowest BCUT2D eigenvalue weighted by Crippen LogP contribution is -2.37. The lowest BCUT2D eigenvalue weighted by molar-refractivity contribution is -0.123. The van der Waals surface area contributed by atoms with Gasteiger partial charge in [0.1, 0.15) is 5.75 Å². The minimum absolute atomic E-state index is 0.00491. The molecule has 0 saturated carbocycles. The summed E-state index contributed by atoms with van der Waals surface area (Å²) in [6, 6.07) is 9.50. The molecule has 0 saturated heterocycles. The van der Waals surface area contributed by atoms with E-state index in [0.29, 0.717) is 28.4 Å². The number of benzene rings is 2. The number of ether oxygens (including phenoxy) is 1. The Kier molecular flexibility index (Phi) is 6.35. The van der Waals surface area contributed by atoms with E-state index >= 15 is 0 Å². The first-order valence-corrected chi connectivity index (χ1v) is 11.1. The molecular formula is C20H22ClN3O5S. The number of carbonyl (C=O) groups excluding carboxylic acids is 2. The number of fused-ring (bicyclic) bond motifs is 1. The zero-order valence-corrected chi connectivity index (χ0v) is 18.3. The van der Waals surface area contributed by atoms with Gasteiger partial charge in [-0.25, -0.2) is 8.42 Å². The van der Waals surface area contributed by atoms with Crippen molar-refractivity contribution in [2.45, 2.75) is 31.3 Å². The van der Waals surface area contributed by atoms with Gasteiger partial charge in [0.2, 0.25) is 15.9 Å². The summed E-state index contributed by atoms with van der Waals surface area (Å²) in [6.45, 7) is 3.03. The molecule has 1 aliphatic rings. The van der Waals surface area contributed by atoms with Gasteiger partial charge in [-0.1, -0.05) is 24.6 Å². The second-order valence-corrected chi connectivity index (χ2v) is 9.39. The summed E-state index contributed by atoms with van der Waals surface area (Å²) in [5.41, 5.74) is 1.32. The fourth-order valence-corrected chi connectivity index (χ4v) is 4.59. The molecule has 0 aliphatic carbocycles. The summed E-state index contributed by atoms with van der Waals surface area (Å²) in [6.07, 6.45) is -0.234. The van der Waals surface area contributed by atoms with Crippen LogP contribution in [0.3, 0.4) is 0 Å². The first-order valence-electron chi connectivity index (χ1n) is 9.25. The Bertz CT molecular complexity index is 1100. The quantitative estimate of drug-likeness (QED) is 0.702. The monoisotopic (exact) mass is 451 g/mol. The van der Waals surface area contributed by atoms with E-state index in [1.54, 1.807) is 44.2 Å². The predicted molar refractivity (Wildman–Crippen MR) is 114 cm³/mol. The molecule has 30 heavy (non-hydrogen) atoms. The van der Waals surface area contributed by atoms with E-state index in [1.807, 2.05) is 0 Å². The normalized spacial score (nSPS) is 15.9. The molecule has 1 aliphatic heterocycles. The smallest absolute Gasteiger partial charge is 0.265 e. The number of likely N-dealkylation sites (N-methyl/N-ethyl adjacent to an activating group) is 1. The molecule has 0 fully saturated rings. The largest absolute Gasteiger partial charge is 0.478 e. The molecule has 0 radical (unpaired) electrons. The van der Waals surface area contributed by atoms with Crippen LogP contribution in [0.15, 0.2) is 41.3 Å². The number of amides is 2. The zero-order chi connectivity index (χ0) is 22.1. The molecule has 1 unspecified atom stereocenters. The molecule has 10 heteroatoms. The molecule has 8 nitrogen and oxygen atoms in total. The molecule has 2 amide bonds. The van der Waals surface area contributed by atoms with E-state index in [0.717, 1.165) is 4.31 Å². The van der Waals surface area contributed by atoms with Crippen molar-refractivity contribution in [2.75, 3.05) is 24.2 Å². The number of rotatable bonds is 6. The number of nitrogens with zero attached hydrogens (tertiary/aromatic N) is 1. The Morgan fingerprint density at radius 1 is 1.30 bits per heavy atom. The van der Waals surface area contributed by atoms with E-state index < -0.39 is 22.0 Å². The van der Waals surface area contributed by atoms with Gasteiger partial charge in [0.05, 0.1) is 17.1 Å². The summed E-state index contributed by atoms with van der Waals surface area (Å²) in [5, 5.41) is 5.80. The van der Waals surface area contributed by atoms with Crippen LogP contribution in [0.2, 0.25) is 5.02 Å². The van der Waals surface area contributed by atoms with E-state index in [2.05, 4.69) is 10.6 Å². The maximum Gasteiger partial charge on any atom is 0.265 e. The molecule has 1 heterocycles. The SMILES string of the molecule is CCC1Oc2cc(S(=O)(=O)N(C)CC(=O)Nc3cccc(Cl)c3)c(C)cc2NC1=O. The molecule has 3 rings (SSSR count). The van der Waals surface area contributed by atoms with Crippen LogP contribution in [0, 0.1) is 6.92 Å². The summed E-state index contributed by atoms with van der Waals surface area (Å²) < 4.78 is 32.8. The third-order valence-corrected chi connectivity index (χ3v) is 6.81. The molecule has 2 aromatic carbocycles. The molecule has 2 aromatic rings. The van der Waals surface area contributed by atoms with Gasteiger partial charge in [-0.05, 0) is 43.2 Å². The van der Waals surface area contributed by atoms with Gasteiger partial charge in [-0.3, -0.25) is 9.59 Å². The summed E-state index contributed by atoms with van der Waals surface area (Å²) in [4.78, 5) is 24.3. The van der Waals surface area contributed by atoms with E-state index in [4.69, 9.17) is 16.3 Å². The highest BCUT2D eigenvalue weighted by molar-refractivity contribution is 7.89. The number of sulfonamides is 1. The third kappa shape index (κ3) is 4.58.